The molecule has 1 heterocycles. The SMILES string of the molecule is CC(C(O)CCN1CCCC1)C1(NC(=O)OC(C)(C)C)CC1. The maximum absolute atomic E-state index is 12.0. The number of likely N-dealkylation sites (tertiary alicyclic amines) is 1. The van der Waals surface area contributed by atoms with Gasteiger partial charge >= 0.3 is 6.09 Å². The summed E-state index contributed by atoms with van der Waals surface area (Å²) in [5.74, 6) is 0.0580. The van der Waals surface area contributed by atoms with E-state index in [4.69, 9.17) is 4.74 Å². The van der Waals surface area contributed by atoms with E-state index in [1.165, 1.54) is 12.8 Å². The van der Waals surface area contributed by atoms with Gasteiger partial charge in [0.25, 0.3) is 0 Å². The summed E-state index contributed by atoms with van der Waals surface area (Å²) in [6.07, 6.45) is 4.42. The molecule has 0 spiro atoms. The number of aliphatic hydroxyl groups is 1. The number of aliphatic hydroxyl groups excluding tert-OH is 1. The second kappa shape index (κ2) is 6.75. The molecular formula is C17H32N2O3. The summed E-state index contributed by atoms with van der Waals surface area (Å²) in [5, 5.41) is 13.5. The molecule has 0 aromatic rings. The Morgan fingerprint density at radius 3 is 2.41 bits per heavy atom. The number of hydrogen-bond acceptors (Lipinski definition) is 4. The molecule has 2 aliphatic rings. The fourth-order valence-electron chi connectivity index (χ4n) is 3.28. The number of rotatable bonds is 6. The standard InChI is InChI=1S/C17H32N2O3/c1-13(14(20)7-12-19-10-5-6-11-19)17(8-9-17)18-15(21)22-16(2,3)4/h13-14,20H,5-12H2,1-4H3,(H,18,21). The van der Waals surface area contributed by atoms with Crippen LogP contribution in [0.2, 0.25) is 0 Å². The Balaban J connectivity index is 1.79. The maximum Gasteiger partial charge on any atom is 0.408 e. The topological polar surface area (TPSA) is 61.8 Å². The highest BCUT2D eigenvalue weighted by Gasteiger charge is 2.51. The molecule has 1 aliphatic carbocycles. The Morgan fingerprint density at radius 2 is 1.91 bits per heavy atom. The van der Waals surface area contributed by atoms with Crippen molar-refractivity contribution in [2.24, 2.45) is 5.92 Å². The number of carbonyl (C=O) groups excluding carboxylic acids is 1. The van der Waals surface area contributed by atoms with Crippen LogP contribution in [0.3, 0.4) is 0 Å². The minimum absolute atomic E-state index is 0.0580. The van der Waals surface area contributed by atoms with E-state index in [2.05, 4.69) is 10.2 Å². The normalized spacial score (nSPS) is 23.9. The van der Waals surface area contributed by atoms with Crippen LogP contribution in [0.25, 0.3) is 0 Å². The zero-order valence-corrected chi connectivity index (χ0v) is 14.5. The third kappa shape index (κ3) is 4.85. The molecule has 1 saturated carbocycles. The lowest BCUT2D eigenvalue weighted by Crippen LogP contribution is -2.48. The van der Waals surface area contributed by atoms with Crippen molar-refractivity contribution in [1.29, 1.82) is 0 Å². The van der Waals surface area contributed by atoms with Gasteiger partial charge in [-0.3, -0.25) is 0 Å². The molecule has 1 saturated heterocycles. The fraction of sp³-hybridized carbons (Fsp3) is 0.941. The van der Waals surface area contributed by atoms with E-state index in [1.807, 2.05) is 27.7 Å². The molecule has 0 aromatic heterocycles. The molecule has 22 heavy (non-hydrogen) atoms. The Bertz CT molecular complexity index is 382. The molecule has 2 N–H and O–H groups in total. The van der Waals surface area contributed by atoms with Gasteiger partial charge in [-0.05, 0) is 66.0 Å². The van der Waals surface area contributed by atoms with Crippen molar-refractivity contribution in [3.63, 3.8) is 0 Å². The van der Waals surface area contributed by atoms with Crippen molar-refractivity contribution < 1.29 is 14.6 Å². The smallest absolute Gasteiger partial charge is 0.408 e. The van der Waals surface area contributed by atoms with Crippen molar-refractivity contribution in [3.05, 3.63) is 0 Å². The highest BCUT2D eigenvalue weighted by molar-refractivity contribution is 5.69. The van der Waals surface area contributed by atoms with E-state index in [-0.39, 0.29) is 23.7 Å². The predicted molar refractivity (Wildman–Crippen MR) is 86.8 cm³/mol. The van der Waals surface area contributed by atoms with Crippen molar-refractivity contribution in [1.82, 2.24) is 10.2 Å². The van der Waals surface area contributed by atoms with Gasteiger partial charge in [0.05, 0.1) is 6.10 Å². The Labute approximate surface area is 134 Å². The number of hydrogen-bond donors (Lipinski definition) is 2. The van der Waals surface area contributed by atoms with E-state index in [1.54, 1.807) is 0 Å². The van der Waals surface area contributed by atoms with Crippen LogP contribution in [0, 0.1) is 5.92 Å². The van der Waals surface area contributed by atoms with Crippen LogP contribution in [0.1, 0.15) is 59.8 Å². The van der Waals surface area contributed by atoms with Gasteiger partial charge in [-0.1, -0.05) is 6.92 Å². The lowest BCUT2D eigenvalue weighted by molar-refractivity contribution is 0.0369. The first kappa shape index (κ1) is 17.5. The number of nitrogens with zero attached hydrogens (tertiary/aromatic N) is 1. The molecule has 0 bridgehead atoms. The number of nitrogens with one attached hydrogen (secondary N) is 1. The fourth-order valence-corrected chi connectivity index (χ4v) is 3.28. The number of amides is 1. The van der Waals surface area contributed by atoms with Crippen LogP contribution in [-0.4, -0.2) is 53.0 Å². The summed E-state index contributed by atoms with van der Waals surface area (Å²) < 4.78 is 5.34. The maximum atomic E-state index is 12.0. The van der Waals surface area contributed by atoms with Crippen LogP contribution in [0.15, 0.2) is 0 Å². The van der Waals surface area contributed by atoms with Gasteiger partial charge < -0.3 is 20.1 Å². The predicted octanol–water partition coefficient (Wildman–Crippen LogP) is 2.53. The van der Waals surface area contributed by atoms with Crippen molar-refractivity contribution in [2.75, 3.05) is 19.6 Å². The van der Waals surface area contributed by atoms with Crippen LogP contribution in [0.5, 0.6) is 0 Å². The molecule has 1 aliphatic heterocycles. The average Bonchev–Trinajstić information content (AvgIpc) is 2.98. The zero-order chi connectivity index (χ0) is 16.4. The molecule has 128 valence electrons. The second-order valence-electron chi connectivity index (χ2n) is 7.98. The van der Waals surface area contributed by atoms with Crippen molar-refractivity contribution >= 4 is 6.09 Å². The zero-order valence-electron chi connectivity index (χ0n) is 14.5. The van der Waals surface area contributed by atoms with Gasteiger partial charge in [0.2, 0.25) is 0 Å². The van der Waals surface area contributed by atoms with Gasteiger partial charge in [0.15, 0.2) is 0 Å². The lowest BCUT2D eigenvalue weighted by Gasteiger charge is -2.31. The molecule has 2 atom stereocenters. The monoisotopic (exact) mass is 312 g/mol. The lowest BCUT2D eigenvalue weighted by atomic mass is 9.91. The third-order valence-corrected chi connectivity index (χ3v) is 4.93. The summed E-state index contributed by atoms with van der Waals surface area (Å²) in [4.78, 5) is 14.4. The van der Waals surface area contributed by atoms with Crippen molar-refractivity contribution in [2.45, 2.75) is 77.0 Å². The van der Waals surface area contributed by atoms with E-state index in [0.717, 1.165) is 38.9 Å². The Morgan fingerprint density at radius 1 is 1.32 bits per heavy atom. The molecule has 0 aromatic carbocycles. The van der Waals surface area contributed by atoms with E-state index in [0.29, 0.717) is 0 Å². The number of carbonyl (C=O) groups is 1. The highest BCUT2D eigenvalue weighted by Crippen LogP contribution is 2.44. The molecule has 2 unspecified atom stereocenters. The number of ether oxygens (including phenoxy) is 1. The molecular weight excluding hydrogens is 280 g/mol. The van der Waals surface area contributed by atoms with E-state index >= 15 is 0 Å². The Kier molecular flexibility index (Phi) is 5.38. The van der Waals surface area contributed by atoms with Crippen LogP contribution >= 0.6 is 0 Å². The minimum Gasteiger partial charge on any atom is -0.444 e. The van der Waals surface area contributed by atoms with Gasteiger partial charge in [0.1, 0.15) is 5.60 Å². The molecule has 2 rings (SSSR count). The summed E-state index contributed by atoms with van der Waals surface area (Å²) in [6, 6.07) is 0. The second-order valence-corrected chi connectivity index (χ2v) is 7.98. The Hall–Kier alpha value is -0.810. The first-order chi connectivity index (χ1) is 10.2. The quantitative estimate of drug-likeness (QED) is 0.791. The molecule has 5 heteroatoms. The first-order valence-electron chi connectivity index (χ1n) is 8.63. The van der Waals surface area contributed by atoms with Crippen molar-refractivity contribution in [3.8, 4) is 0 Å². The van der Waals surface area contributed by atoms with Gasteiger partial charge in [-0.2, -0.15) is 0 Å². The van der Waals surface area contributed by atoms with E-state index in [9.17, 15) is 9.90 Å². The van der Waals surface area contributed by atoms with Gasteiger partial charge in [-0.15, -0.1) is 0 Å². The van der Waals surface area contributed by atoms with Gasteiger partial charge in [-0.25, -0.2) is 4.79 Å². The summed E-state index contributed by atoms with van der Waals surface area (Å²) in [7, 11) is 0. The van der Waals surface area contributed by atoms with E-state index < -0.39 is 5.60 Å². The highest BCUT2D eigenvalue weighted by atomic mass is 16.6. The van der Waals surface area contributed by atoms with Crippen LogP contribution in [0.4, 0.5) is 4.79 Å². The summed E-state index contributed by atoms with van der Waals surface area (Å²) >= 11 is 0. The third-order valence-electron chi connectivity index (χ3n) is 4.93. The number of alkyl carbamates (subject to hydrolysis) is 1. The minimum atomic E-state index is -0.488. The summed E-state index contributed by atoms with van der Waals surface area (Å²) in [6.45, 7) is 10.9. The van der Waals surface area contributed by atoms with Gasteiger partial charge in [0, 0.05) is 18.0 Å². The molecule has 1 amide bonds. The summed E-state index contributed by atoms with van der Waals surface area (Å²) in [5.41, 5.74) is -0.759. The van der Waals surface area contributed by atoms with Crippen LogP contribution in [-0.2, 0) is 4.74 Å². The molecule has 0 radical (unpaired) electrons. The molecule has 2 fully saturated rings. The molecule has 5 nitrogen and oxygen atoms in total. The average molecular weight is 312 g/mol. The largest absolute Gasteiger partial charge is 0.444 e. The van der Waals surface area contributed by atoms with Crippen LogP contribution < -0.4 is 5.32 Å². The first-order valence-corrected chi connectivity index (χ1v) is 8.63.